The molecule has 0 amide bonds. The predicted octanol–water partition coefficient (Wildman–Crippen LogP) is 1.65. The second-order valence-electron chi connectivity index (χ2n) is 7.24. The highest BCUT2D eigenvalue weighted by molar-refractivity contribution is 5.38. The van der Waals surface area contributed by atoms with Crippen LogP contribution in [0.25, 0.3) is 0 Å². The Hall–Kier alpha value is -2.22. The average molecular weight is 356 g/mol. The minimum atomic E-state index is 0.451. The molecule has 2 saturated heterocycles. The molecule has 2 aliphatic heterocycles. The van der Waals surface area contributed by atoms with Gasteiger partial charge in [-0.15, -0.1) is 10.2 Å². The van der Waals surface area contributed by atoms with Crippen molar-refractivity contribution in [2.75, 3.05) is 36.8 Å². The normalized spacial score (nSPS) is 19.3. The zero-order chi connectivity index (χ0) is 17.9. The van der Waals surface area contributed by atoms with Crippen LogP contribution in [-0.2, 0) is 13.1 Å². The van der Waals surface area contributed by atoms with E-state index >= 15 is 0 Å². The molecule has 2 fully saturated rings. The van der Waals surface area contributed by atoms with Crippen molar-refractivity contribution < 1.29 is 0 Å². The van der Waals surface area contributed by atoms with E-state index in [1.165, 1.54) is 25.9 Å². The van der Waals surface area contributed by atoms with Crippen LogP contribution in [0.1, 0.15) is 50.2 Å². The number of nitrogen functional groups attached to an aromatic ring is 1. The molecule has 0 unspecified atom stereocenters. The van der Waals surface area contributed by atoms with E-state index in [-0.39, 0.29) is 0 Å². The van der Waals surface area contributed by atoms with Crippen LogP contribution in [0.2, 0.25) is 0 Å². The summed E-state index contributed by atoms with van der Waals surface area (Å²) in [6, 6.07) is 1.72. The van der Waals surface area contributed by atoms with E-state index in [1.807, 2.05) is 0 Å². The van der Waals surface area contributed by atoms with Crippen molar-refractivity contribution in [1.29, 1.82) is 0 Å². The number of piperidine rings is 1. The lowest BCUT2D eigenvalue weighted by Crippen LogP contribution is -2.35. The van der Waals surface area contributed by atoms with Gasteiger partial charge in [-0.3, -0.25) is 4.90 Å². The lowest BCUT2D eigenvalue weighted by molar-refractivity contribution is 0.315. The highest BCUT2D eigenvalue weighted by atomic mass is 15.3. The summed E-state index contributed by atoms with van der Waals surface area (Å²) < 4.78 is 2.33. The first-order valence-electron chi connectivity index (χ1n) is 9.72. The smallest absolute Gasteiger partial charge is 0.227 e. The Balaban J connectivity index is 1.43. The van der Waals surface area contributed by atoms with Gasteiger partial charge in [-0.25, -0.2) is 4.98 Å². The van der Waals surface area contributed by atoms with E-state index in [0.717, 1.165) is 56.6 Å². The minimum Gasteiger partial charge on any atom is -0.384 e. The maximum atomic E-state index is 5.79. The summed E-state index contributed by atoms with van der Waals surface area (Å²) in [5.41, 5.74) is 5.79. The summed E-state index contributed by atoms with van der Waals surface area (Å²) in [6.45, 7) is 8.27. The molecule has 2 aromatic heterocycles. The number of aromatic nitrogens is 5. The first-order valence-corrected chi connectivity index (χ1v) is 9.72. The topological polar surface area (TPSA) is 89.0 Å². The maximum absolute atomic E-state index is 5.79. The molecule has 8 heteroatoms. The van der Waals surface area contributed by atoms with Crippen molar-refractivity contribution in [3.8, 4) is 0 Å². The summed E-state index contributed by atoms with van der Waals surface area (Å²) in [5, 5.41) is 9.11. The summed E-state index contributed by atoms with van der Waals surface area (Å²) >= 11 is 0. The second-order valence-corrected chi connectivity index (χ2v) is 7.24. The summed E-state index contributed by atoms with van der Waals surface area (Å²) in [5.74, 6) is 3.97. The molecule has 0 aliphatic carbocycles. The monoisotopic (exact) mass is 356 g/mol. The molecule has 26 heavy (non-hydrogen) atoms. The molecule has 4 rings (SSSR count). The molecule has 0 aromatic carbocycles. The lowest BCUT2D eigenvalue weighted by atomic mass is 9.96. The van der Waals surface area contributed by atoms with Gasteiger partial charge in [0, 0.05) is 31.7 Å². The summed E-state index contributed by atoms with van der Waals surface area (Å²) in [7, 11) is 0. The summed E-state index contributed by atoms with van der Waals surface area (Å²) in [4.78, 5) is 13.4. The van der Waals surface area contributed by atoms with Gasteiger partial charge < -0.3 is 15.2 Å². The molecule has 2 aromatic rings. The van der Waals surface area contributed by atoms with Crippen LogP contribution >= 0.6 is 0 Å². The molecular weight excluding hydrogens is 328 g/mol. The zero-order valence-electron chi connectivity index (χ0n) is 15.5. The number of likely N-dealkylation sites (tertiary alicyclic amines) is 1. The second kappa shape index (κ2) is 7.57. The largest absolute Gasteiger partial charge is 0.384 e. The molecule has 0 radical (unpaired) electrons. The van der Waals surface area contributed by atoms with Crippen LogP contribution in [0, 0.1) is 0 Å². The van der Waals surface area contributed by atoms with E-state index in [0.29, 0.717) is 11.7 Å². The van der Waals surface area contributed by atoms with Crippen molar-refractivity contribution in [3.05, 3.63) is 23.9 Å². The van der Waals surface area contributed by atoms with E-state index in [1.54, 1.807) is 12.3 Å². The van der Waals surface area contributed by atoms with Crippen LogP contribution in [-0.4, -0.2) is 55.8 Å². The Morgan fingerprint density at radius 3 is 2.58 bits per heavy atom. The molecule has 0 bridgehead atoms. The maximum Gasteiger partial charge on any atom is 0.227 e. The average Bonchev–Trinajstić information content (AvgIpc) is 3.32. The fraction of sp³-hybridized carbons (Fsp3) is 0.667. The molecule has 8 nitrogen and oxygen atoms in total. The number of nitrogens with zero attached hydrogens (tertiary/aromatic N) is 7. The highest BCUT2D eigenvalue weighted by Crippen LogP contribution is 2.29. The van der Waals surface area contributed by atoms with Gasteiger partial charge >= 0.3 is 0 Å². The third kappa shape index (κ3) is 3.51. The number of anilines is 2. The SMILES string of the molecule is CCn1c(CN2CCCC2)nnc1C1CCN(c2nccc(N)n2)CC1. The van der Waals surface area contributed by atoms with Crippen LogP contribution < -0.4 is 10.6 Å². The predicted molar refractivity (Wildman–Crippen MR) is 101 cm³/mol. The number of nitrogens with two attached hydrogens (primary N) is 1. The van der Waals surface area contributed by atoms with Gasteiger partial charge in [0.15, 0.2) is 0 Å². The Bertz CT molecular complexity index is 729. The van der Waals surface area contributed by atoms with Crippen molar-refractivity contribution in [1.82, 2.24) is 29.6 Å². The molecule has 0 spiro atoms. The quantitative estimate of drug-likeness (QED) is 0.871. The number of hydrogen-bond acceptors (Lipinski definition) is 7. The van der Waals surface area contributed by atoms with E-state index in [2.05, 4.69) is 41.5 Å². The van der Waals surface area contributed by atoms with Gasteiger partial charge in [0.25, 0.3) is 0 Å². The first kappa shape index (κ1) is 17.2. The fourth-order valence-corrected chi connectivity index (χ4v) is 4.11. The van der Waals surface area contributed by atoms with Gasteiger partial charge in [0.1, 0.15) is 17.5 Å². The lowest BCUT2D eigenvalue weighted by Gasteiger charge is -2.31. The van der Waals surface area contributed by atoms with Gasteiger partial charge in [0.05, 0.1) is 6.54 Å². The number of rotatable bonds is 5. The fourth-order valence-electron chi connectivity index (χ4n) is 4.11. The van der Waals surface area contributed by atoms with Crippen LogP contribution in [0.15, 0.2) is 12.3 Å². The standard InChI is InChI=1S/C18H28N8/c1-2-26-16(13-24-9-3-4-10-24)22-23-17(26)14-6-11-25(12-7-14)18-20-8-5-15(19)21-18/h5,8,14H,2-4,6-7,9-13H2,1H3,(H2,19,20,21). The molecular formula is C18H28N8. The van der Waals surface area contributed by atoms with E-state index < -0.39 is 0 Å². The van der Waals surface area contributed by atoms with E-state index in [4.69, 9.17) is 5.73 Å². The molecule has 2 N–H and O–H groups in total. The van der Waals surface area contributed by atoms with Crippen molar-refractivity contribution in [2.24, 2.45) is 0 Å². The third-order valence-electron chi connectivity index (χ3n) is 5.54. The van der Waals surface area contributed by atoms with Crippen molar-refractivity contribution in [3.63, 3.8) is 0 Å². The molecule has 0 saturated carbocycles. The van der Waals surface area contributed by atoms with Crippen LogP contribution in [0.3, 0.4) is 0 Å². The minimum absolute atomic E-state index is 0.451. The highest BCUT2D eigenvalue weighted by Gasteiger charge is 2.27. The Morgan fingerprint density at radius 1 is 1.12 bits per heavy atom. The Kier molecular flexibility index (Phi) is 5.01. The Labute approximate surface area is 154 Å². The van der Waals surface area contributed by atoms with E-state index in [9.17, 15) is 0 Å². The Morgan fingerprint density at radius 2 is 1.88 bits per heavy atom. The first-order chi connectivity index (χ1) is 12.7. The van der Waals surface area contributed by atoms with Gasteiger partial charge in [0.2, 0.25) is 5.95 Å². The van der Waals surface area contributed by atoms with Gasteiger partial charge in [-0.05, 0) is 51.8 Å². The molecule has 2 aliphatic rings. The zero-order valence-corrected chi connectivity index (χ0v) is 15.5. The van der Waals surface area contributed by atoms with Crippen molar-refractivity contribution >= 4 is 11.8 Å². The van der Waals surface area contributed by atoms with Crippen LogP contribution in [0.4, 0.5) is 11.8 Å². The van der Waals surface area contributed by atoms with Gasteiger partial charge in [-0.2, -0.15) is 4.98 Å². The summed E-state index contributed by atoms with van der Waals surface area (Å²) in [6.07, 6.45) is 6.41. The molecule has 0 atom stereocenters. The number of hydrogen-bond donors (Lipinski definition) is 1. The molecule has 140 valence electrons. The molecule has 4 heterocycles. The third-order valence-corrected chi connectivity index (χ3v) is 5.54. The van der Waals surface area contributed by atoms with Crippen LogP contribution in [0.5, 0.6) is 0 Å². The van der Waals surface area contributed by atoms with Gasteiger partial charge in [-0.1, -0.05) is 0 Å². The van der Waals surface area contributed by atoms with Crippen molar-refractivity contribution in [2.45, 2.75) is 51.6 Å².